The van der Waals surface area contributed by atoms with Gasteiger partial charge in [-0.05, 0) is 23.6 Å². The number of nitrogens with two attached hydrogens (primary N) is 1. The van der Waals surface area contributed by atoms with Crippen LogP contribution in [0.5, 0.6) is 0 Å². The van der Waals surface area contributed by atoms with Gasteiger partial charge >= 0.3 is 11.9 Å². The van der Waals surface area contributed by atoms with Crippen molar-refractivity contribution in [3.05, 3.63) is 35.4 Å². The molecule has 0 aliphatic carbocycles. The average molecular weight is 251 g/mol. The molecule has 1 rings (SSSR count). The quantitative estimate of drug-likeness (QED) is 0.772. The Kier molecular flexibility index (Phi) is 4.85. The standard InChI is InChI=1S/C13H17NO4/c1-8(2)11(14)13(17)18-7-9-3-5-10(6-4-9)12(15)16/h3-6,8,11H,7,14H2,1-2H3,(H,15,16)/t11-/m0/s1. The van der Waals surface area contributed by atoms with E-state index in [2.05, 4.69) is 0 Å². The van der Waals surface area contributed by atoms with Crippen LogP contribution in [0.2, 0.25) is 0 Å². The zero-order valence-electron chi connectivity index (χ0n) is 10.4. The predicted octanol–water partition coefficient (Wildman–Crippen LogP) is 1.41. The zero-order chi connectivity index (χ0) is 13.7. The highest BCUT2D eigenvalue weighted by Gasteiger charge is 2.18. The highest BCUT2D eigenvalue weighted by atomic mass is 16.5. The van der Waals surface area contributed by atoms with Crippen LogP contribution in [0.25, 0.3) is 0 Å². The van der Waals surface area contributed by atoms with Gasteiger partial charge in [0.2, 0.25) is 0 Å². The highest BCUT2D eigenvalue weighted by Crippen LogP contribution is 2.07. The van der Waals surface area contributed by atoms with Crippen molar-refractivity contribution in [2.45, 2.75) is 26.5 Å². The SMILES string of the molecule is CC(C)[C@H](N)C(=O)OCc1ccc(C(=O)O)cc1. The van der Waals surface area contributed by atoms with Crippen LogP contribution in [0.3, 0.4) is 0 Å². The number of carbonyl (C=O) groups excluding carboxylic acids is 1. The fourth-order valence-electron chi connectivity index (χ4n) is 1.27. The lowest BCUT2D eigenvalue weighted by atomic mass is 10.1. The molecule has 0 aromatic heterocycles. The van der Waals surface area contributed by atoms with Crippen LogP contribution in [-0.4, -0.2) is 23.1 Å². The van der Waals surface area contributed by atoms with E-state index >= 15 is 0 Å². The van der Waals surface area contributed by atoms with E-state index in [0.29, 0.717) is 0 Å². The molecule has 0 aliphatic heterocycles. The first-order valence-electron chi connectivity index (χ1n) is 5.66. The third-order valence-corrected chi connectivity index (χ3v) is 2.57. The largest absolute Gasteiger partial charge is 0.478 e. The van der Waals surface area contributed by atoms with Crippen molar-refractivity contribution in [3.63, 3.8) is 0 Å². The molecule has 0 radical (unpaired) electrons. The van der Waals surface area contributed by atoms with Gasteiger partial charge in [-0.15, -0.1) is 0 Å². The van der Waals surface area contributed by atoms with Crippen molar-refractivity contribution in [2.24, 2.45) is 11.7 Å². The minimum atomic E-state index is -0.986. The van der Waals surface area contributed by atoms with Crippen molar-refractivity contribution >= 4 is 11.9 Å². The second-order valence-corrected chi connectivity index (χ2v) is 4.38. The van der Waals surface area contributed by atoms with E-state index in [-0.39, 0.29) is 18.1 Å². The Labute approximate surface area is 106 Å². The lowest BCUT2D eigenvalue weighted by Crippen LogP contribution is -2.36. The van der Waals surface area contributed by atoms with Gasteiger partial charge < -0.3 is 15.6 Å². The number of carboxylic acids is 1. The number of hydrogen-bond donors (Lipinski definition) is 2. The van der Waals surface area contributed by atoms with Gasteiger partial charge in [0.1, 0.15) is 12.6 Å². The molecule has 0 unspecified atom stereocenters. The van der Waals surface area contributed by atoms with Crippen LogP contribution in [0, 0.1) is 5.92 Å². The van der Waals surface area contributed by atoms with Gasteiger partial charge in [-0.2, -0.15) is 0 Å². The third kappa shape index (κ3) is 3.85. The smallest absolute Gasteiger partial charge is 0.335 e. The fourth-order valence-corrected chi connectivity index (χ4v) is 1.27. The summed E-state index contributed by atoms with van der Waals surface area (Å²) >= 11 is 0. The lowest BCUT2D eigenvalue weighted by molar-refractivity contribution is -0.147. The molecule has 3 N–H and O–H groups in total. The Morgan fingerprint density at radius 3 is 2.28 bits per heavy atom. The van der Waals surface area contributed by atoms with Crippen LogP contribution in [0.4, 0.5) is 0 Å². The molecule has 1 atom stereocenters. The van der Waals surface area contributed by atoms with Crippen molar-refractivity contribution in [2.75, 3.05) is 0 Å². The molecule has 1 aromatic carbocycles. The molecule has 18 heavy (non-hydrogen) atoms. The maximum Gasteiger partial charge on any atom is 0.335 e. The molecule has 5 heteroatoms. The molecule has 0 amide bonds. The first kappa shape index (κ1) is 14.2. The first-order valence-corrected chi connectivity index (χ1v) is 5.66. The summed E-state index contributed by atoms with van der Waals surface area (Å²) in [6.07, 6.45) is 0. The van der Waals surface area contributed by atoms with Crippen molar-refractivity contribution < 1.29 is 19.4 Å². The molecule has 0 bridgehead atoms. The molecule has 0 saturated heterocycles. The fraction of sp³-hybridized carbons (Fsp3) is 0.385. The van der Waals surface area contributed by atoms with Crippen LogP contribution >= 0.6 is 0 Å². The Morgan fingerprint density at radius 1 is 1.28 bits per heavy atom. The minimum absolute atomic E-state index is 0.0203. The van der Waals surface area contributed by atoms with Gasteiger partial charge in [-0.1, -0.05) is 26.0 Å². The maximum absolute atomic E-state index is 11.5. The van der Waals surface area contributed by atoms with Gasteiger partial charge in [0.15, 0.2) is 0 Å². The van der Waals surface area contributed by atoms with E-state index in [9.17, 15) is 9.59 Å². The Bertz CT molecular complexity index is 425. The van der Waals surface area contributed by atoms with Crippen molar-refractivity contribution in [1.29, 1.82) is 0 Å². The molecule has 0 spiro atoms. The van der Waals surface area contributed by atoms with Crippen LogP contribution < -0.4 is 5.73 Å². The Morgan fingerprint density at radius 2 is 1.83 bits per heavy atom. The number of hydrogen-bond acceptors (Lipinski definition) is 4. The van der Waals surface area contributed by atoms with Crippen LogP contribution in [0.1, 0.15) is 29.8 Å². The topological polar surface area (TPSA) is 89.6 Å². The second kappa shape index (κ2) is 6.16. The van der Waals surface area contributed by atoms with Gasteiger partial charge in [0, 0.05) is 0 Å². The Balaban J connectivity index is 2.54. The first-order chi connectivity index (χ1) is 8.41. The molecule has 1 aromatic rings. The minimum Gasteiger partial charge on any atom is -0.478 e. The predicted molar refractivity (Wildman–Crippen MR) is 66.0 cm³/mol. The number of carbonyl (C=O) groups is 2. The third-order valence-electron chi connectivity index (χ3n) is 2.57. The van der Waals surface area contributed by atoms with E-state index in [1.54, 1.807) is 12.1 Å². The molecule has 0 heterocycles. The van der Waals surface area contributed by atoms with E-state index in [1.165, 1.54) is 12.1 Å². The summed E-state index contributed by atoms with van der Waals surface area (Å²) in [7, 11) is 0. The van der Waals surface area contributed by atoms with Crippen molar-refractivity contribution in [1.82, 2.24) is 0 Å². The number of ether oxygens (including phenoxy) is 1. The number of esters is 1. The monoisotopic (exact) mass is 251 g/mol. The molecular weight excluding hydrogens is 234 g/mol. The van der Waals surface area contributed by atoms with E-state index in [1.807, 2.05) is 13.8 Å². The zero-order valence-corrected chi connectivity index (χ0v) is 10.4. The molecule has 98 valence electrons. The van der Waals surface area contributed by atoms with Gasteiger partial charge in [0.05, 0.1) is 5.56 Å². The van der Waals surface area contributed by atoms with E-state index < -0.39 is 18.0 Å². The maximum atomic E-state index is 11.5. The molecule has 0 fully saturated rings. The normalized spacial score (nSPS) is 12.2. The summed E-state index contributed by atoms with van der Waals surface area (Å²) in [6.45, 7) is 3.78. The number of rotatable bonds is 5. The Hall–Kier alpha value is -1.88. The van der Waals surface area contributed by atoms with Crippen molar-refractivity contribution in [3.8, 4) is 0 Å². The van der Waals surface area contributed by atoms with E-state index in [4.69, 9.17) is 15.6 Å². The number of aromatic carboxylic acids is 1. The summed E-state index contributed by atoms with van der Waals surface area (Å²) in [5.74, 6) is -1.42. The highest BCUT2D eigenvalue weighted by molar-refractivity contribution is 5.87. The van der Waals surface area contributed by atoms with Gasteiger partial charge in [-0.3, -0.25) is 4.79 Å². The van der Waals surface area contributed by atoms with E-state index in [0.717, 1.165) is 5.56 Å². The molecular formula is C13H17NO4. The van der Waals surface area contributed by atoms with Gasteiger partial charge in [-0.25, -0.2) is 4.79 Å². The van der Waals surface area contributed by atoms with Gasteiger partial charge in [0.25, 0.3) is 0 Å². The lowest BCUT2D eigenvalue weighted by Gasteiger charge is -2.14. The molecule has 0 saturated carbocycles. The number of carboxylic acid groups (broad SMARTS) is 1. The number of benzene rings is 1. The summed E-state index contributed by atoms with van der Waals surface area (Å²) < 4.78 is 5.04. The summed E-state index contributed by atoms with van der Waals surface area (Å²) in [5.41, 5.74) is 6.56. The van der Waals surface area contributed by atoms with Crippen LogP contribution in [-0.2, 0) is 16.1 Å². The van der Waals surface area contributed by atoms with Crippen LogP contribution in [0.15, 0.2) is 24.3 Å². The second-order valence-electron chi connectivity index (χ2n) is 4.38. The molecule has 5 nitrogen and oxygen atoms in total. The summed E-state index contributed by atoms with van der Waals surface area (Å²) in [6, 6.07) is 5.51. The average Bonchev–Trinajstić information content (AvgIpc) is 2.35. The molecule has 0 aliphatic rings. The summed E-state index contributed by atoms with van der Waals surface area (Å²) in [4.78, 5) is 22.1. The summed E-state index contributed by atoms with van der Waals surface area (Å²) in [5, 5.41) is 8.73.